The molecule has 0 atom stereocenters. The standard InChI is InChI=1S/C14H21IN2O2/c1-2-16-9-10-17-14(18)4-3-11-19-13-7-5-12(15)6-8-13/h5-8,16H,2-4,9-11H2,1H3,(H,17,18). The summed E-state index contributed by atoms with van der Waals surface area (Å²) in [6.07, 6.45) is 1.25. The number of nitrogens with one attached hydrogen (secondary N) is 2. The summed E-state index contributed by atoms with van der Waals surface area (Å²) < 4.78 is 6.74. The number of hydrogen-bond donors (Lipinski definition) is 2. The molecule has 1 aromatic carbocycles. The Kier molecular flexibility index (Phi) is 8.57. The minimum atomic E-state index is 0.0871. The highest BCUT2D eigenvalue weighted by molar-refractivity contribution is 14.1. The first-order valence-electron chi connectivity index (χ1n) is 6.58. The molecule has 0 saturated carbocycles. The van der Waals surface area contributed by atoms with E-state index in [2.05, 4.69) is 33.2 Å². The van der Waals surface area contributed by atoms with Crippen LogP contribution in [0.5, 0.6) is 5.75 Å². The third kappa shape index (κ3) is 8.05. The molecule has 0 unspecified atom stereocenters. The van der Waals surface area contributed by atoms with E-state index < -0.39 is 0 Å². The summed E-state index contributed by atoms with van der Waals surface area (Å²) in [5.74, 6) is 0.942. The lowest BCUT2D eigenvalue weighted by atomic mass is 10.3. The third-order valence-corrected chi connectivity index (χ3v) is 3.22. The summed E-state index contributed by atoms with van der Waals surface area (Å²) in [6.45, 7) is 5.05. The second-order valence-electron chi connectivity index (χ2n) is 4.11. The summed E-state index contributed by atoms with van der Waals surface area (Å²) in [4.78, 5) is 11.5. The van der Waals surface area contributed by atoms with E-state index in [9.17, 15) is 4.79 Å². The van der Waals surface area contributed by atoms with Crippen LogP contribution in [0.2, 0.25) is 0 Å². The number of carbonyl (C=O) groups is 1. The number of amides is 1. The largest absolute Gasteiger partial charge is 0.494 e. The van der Waals surface area contributed by atoms with Crippen LogP contribution in [0.15, 0.2) is 24.3 Å². The molecule has 0 aliphatic carbocycles. The summed E-state index contributed by atoms with van der Waals surface area (Å²) in [5, 5.41) is 6.02. The van der Waals surface area contributed by atoms with E-state index in [-0.39, 0.29) is 5.91 Å². The van der Waals surface area contributed by atoms with Gasteiger partial charge in [0.2, 0.25) is 5.91 Å². The highest BCUT2D eigenvalue weighted by atomic mass is 127. The van der Waals surface area contributed by atoms with Gasteiger partial charge in [-0.3, -0.25) is 4.79 Å². The van der Waals surface area contributed by atoms with Crippen LogP contribution in [0.25, 0.3) is 0 Å². The fourth-order valence-corrected chi connectivity index (χ4v) is 1.87. The number of rotatable bonds is 9. The lowest BCUT2D eigenvalue weighted by Crippen LogP contribution is -2.31. The number of halogens is 1. The van der Waals surface area contributed by atoms with Gasteiger partial charge in [-0.05, 0) is 59.8 Å². The Morgan fingerprint density at radius 3 is 2.68 bits per heavy atom. The zero-order chi connectivity index (χ0) is 13.9. The Hall–Kier alpha value is -0.820. The Morgan fingerprint density at radius 2 is 2.00 bits per heavy atom. The van der Waals surface area contributed by atoms with E-state index >= 15 is 0 Å². The minimum absolute atomic E-state index is 0.0871. The van der Waals surface area contributed by atoms with Crippen LogP contribution in [0, 0.1) is 3.57 Å². The van der Waals surface area contributed by atoms with Gasteiger partial charge in [-0.2, -0.15) is 0 Å². The number of likely N-dealkylation sites (N-methyl/N-ethyl adjacent to an activating group) is 1. The Bertz CT molecular complexity index is 368. The number of carbonyl (C=O) groups excluding carboxylic acids is 1. The van der Waals surface area contributed by atoms with Gasteiger partial charge in [-0.1, -0.05) is 6.92 Å². The van der Waals surface area contributed by atoms with Crippen LogP contribution in [0.4, 0.5) is 0 Å². The monoisotopic (exact) mass is 376 g/mol. The molecule has 0 bridgehead atoms. The maximum absolute atomic E-state index is 11.5. The summed E-state index contributed by atoms with van der Waals surface area (Å²) >= 11 is 2.26. The fraction of sp³-hybridized carbons (Fsp3) is 0.500. The van der Waals surface area contributed by atoms with Crippen LogP contribution < -0.4 is 15.4 Å². The van der Waals surface area contributed by atoms with Gasteiger partial charge >= 0.3 is 0 Å². The molecule has 106 valence electrons. The van der Waals surface area contributed by atoms with Crippen molar-refractivity contribution in [2.45, 2.75) is 19.8 Å². The Labute approximate surface area is 128 Å². The molecule has 4 nitrogen and oxygen atoms in total. The zero-order valence-corrected chi connectivity index (χ0v) is 13.4. The first-order chi connectivity index (χ1) is 9.22. The molecule has 0 fully saturated rings. The number of benzene rings is 1. The highest BCUT2D eigenvalue weighted by Gasteiger charge is 2.00. The van der Waals surface area contributed by atoms with Crippen LogP contribution in [0.3, 0.4) is 0 Å². The Morgan fingerprint density at radius 1 is 1.26 bits per heavy atom. The molecule has 0 saturated heterocycles. The van der Waals surface area contributed by atoms with E-state index in [4.69, 9.17) is 4.74 Å². The number of hydrogen-bond acceptors (Lipinski definition) is 3. The average Bonchev–Trinajstić information content (AvgIpc) is 2.42. The zero-order valence-electron chi connectivity index (χ0n) is 11.2. The van der Waals surface area contributed by atoms with E-state index in [0.29, 0.717) is 19.6 Å². The molecule has 2 N–H and O–H groups in total. The van der Waals surface area contributed by atoms with Crippen LogP contribution in [-0.4, -0.2) is 32.1 Å². The van der Waals surface area contributed by atoms with Crippen molar-refractivity contribution >= 4 is 28.5 Å². The molecule has 0 radical (unpaired) electrons. The van der Waals surface area contributed by atoms with Crippen molar-refractivity contribution in [1.82, 2.24) is 10.6 Å². The normalized spacial score (nSPS) is 10.2. The molecule has 1 aromatic rings. The maximum Gasteiger partial charge on any atom is 0.220 e. The molecule has 0 aliphatic rings. The predicted molar refractivity (Wildman–Crippen MR) is 85.4 cm³/mol. The van der Waals surface area contributed by atoms with Gasteiger partial charge in [-0.15, -0.1) is 0 Å². The lowest BCUT2D eigenvalue weighted by Gasteiger charge is -2.07. The van der Waals surface area contributed by atoms with E-state index in [0.717, 1.165) is 25.3 Å². The van der Waals surface area contributed by atoms with Gasteiger partial charge < -0.3 is 15.4 Å². The molecule has 0 aromatic heterocycles. The minimum Gasteiger partial charge on any atom is -0.494 e. The molecule has 5 heteroatoms. The van der Waals surface area contributed by atoms with Crippen molar-refractivity contribution in [2.75, 3.05) is 26.2 Å². The molecule has 1 amide bonds. The molecule has 0 heterocycles. The van der Waals surface area contributed by atoms with Crippen molar-refractivity contribution in [3.8, 4) is 5.75 Å². The van der Waals surface area contributed by atoms with Crippen molar-refractivity contribution in [1.29, 1.82) is 0 Å². The molecule has 1 rings (SSSR count). The van der Waals surface area contributed by atoms with Gasteiger partial charge in [0.1, 0.15) is 5.75 Å². The lowest BCUT2D eigenvalue weighted by molar-refractivity contribution is -0.121. The molecular formula is C14H21IN2O2. The van der Waals surface area contributed by atoms with Crippen molar-refractivity contribution in [2.24, 2.45) is 0 Å². The summed E-state index contributed by atoms with van der Waals surface area (Å²) in [7, 11) is 0. The van der Waals surface area contributed by atoms with Gasteiger partial charge in [0, 0.05) is 23.1 Å². The van der Waals surface area contributed by atoms with E-state index in [1.807, 2.05) is 31.2 Å². The predicted octanol–water partition coefficient (Wildman–Crippen LogP) is 2.18. The van der Waals surface area contributed by atoms with Crippen molar-refractivity contribution in [3.05, 3.63) is 27.8 Å². The maximum atomic E-state index is 11.5. The fourth-order valence-electron chi connectivity index (χ4n) is 1.51. The second-order valence-corrected chi connectivity index (χ2v) is 5.36. The highest BCUT2D eigenvalue weighted by Crippen LogP contribution is 2.13. The van der Waals surface area contributed by atoms with Crippen LogP contribution in [0.1, 0.15) is 19.8 Å². The van der Waals surface area contributed by atoms with Crippen LogP contribution >= 0.6 is 22.6 Å². The molecular weight excluding hydrogens is 355 g/mol. The quantitative estimate of drug-likeness (QED) is 0.513. The number of ether oxygens (including phenoxy) is 1. The SMILES string of the molecule is CCNCCNC(=O)CCCOc1ccc(I)cc1. The smallest absolute Gasteiger partial charge is 0.220 e. The van der Waals surface area contributed by atoms with Crippen molar-refractivity contribution < 1.29 is 9.53 Å². The summed E-state index contributed by atoms with van der Waals surface area (Å²) in [5.41, 5.74) is 0. The van der Waals surface area contributed by atoms with Gasteiger partial charge in [0.15, 0.2) is 0 Å². The second kappa shape index (κ2) is 10.0. The van der Waals surface area contributed by atoms with Gasteiger partial charge in [0.25, 0.3) is 0 Å². The van der Waals surface area contributed by atoms with Gasteiger partial charge in [-0.25, -0.2) is 0 Å². The third-order valence-electron chi connectivity index (χ3n) is 2.50. The topological polar surface area (TPSA) is 50.4 Å². The summed E-state index contributed by atoms with van der Waals surface area (Å²) in [6, 6.07) is 7.89. The average molecular weight is 376 g/mol. The molecule has 19 heavy (non-hydrogen) atoms. The van der Waals surface area contributed by atoms with Crippen molar-refractivity contribution in [3.63, 3.8) is 0 Å². The van der Waals surface area contributed by atoms with E-state index in [1.165, 1.54) is 3.57 Å². The first-order valence-corrected chi connectivity index (χ1v) is 7.66. The Balaban J connectivity index is 2.03. The van der Waals surface area contributed by atoms with Crippen LogP contribution in [-0.2, 0) is 4.79 Å². The molecule has 0 spiro atoms. The molecule has 0 aliphatic heterocycles. The van der Waals surface area contributed by atoms with E-state index in [1.54, 1.807) is 0 Å². The first kappa shape index (κ1) is 16.2. The van der Waals surface area contributed by atoms with Gasteiger partial charge in [0.05, 0.1) is 6.61 Å².